The van der Waals surface area contributed by atoms with Crippen LogP contribution < -0.4 is 4.74 Å². The second kappa shape index (κ2) is 5.15. The lowest BCUT2D eigenvalue weighted by molar-refractivity contribution is 0.0981. The minimum atomic E-state index is 0.0996. The molecule has 0 saturated heterocycles. The van der Waals surface area contributed by atoms with E-state index in [2.05, 4.69) is 20.8 Å². The van der Waals surface area contributed by atoms with Gasteiger partial charge in [0.15, 0.2) is 5.78 Å². The van der Waals surface area contributed by atoms with E-state index in [1.807, 2.05) is 31.2 Å². The van der Waals surface area contributed by atoms with Gasteiger partial charge in [-0.2, -0.15) is 0 Å². The van der Waals surface area contributed by atoms with Crippen molar-refractivity contribution in [3.63, 3.8) is 0 Å². The van der Waals surface area contributed by atoms with Crippen molar-refractivity contribution in [2.45, 2.75) is 34.1 Å². The van der Waals surface area contributed by atoms with Crippen molar-refractivity contribution in [1.82, 2.24) is 0 Å². The summed E-state index contributed by atoms with van der Waals surface area (Å²) in [6.45, 7) is 8.80. The van der Waals surface area contributed by atoms with Crippen molar-refractivity contribution in [3.8, 4) is 5.75 Å². The van der Waals surface area contributed by atoms with Crippen LogP contribution in [0.1, 0.15) is 44.5 Å². The van der Waals surface area contributed by atoms with Crippen molar-refractivity contribution < 1.29 is 9.53 Å². The third-order valence-corrected chi connectivity index (χ3v) is 2.17. The second-order valence-electron chi connectivity index (χ2n) is 5.12. The lowest BCUT2D eigenvalue weighted by Gasteiger charge is -2.20. The monoisotopic (exact) mass is 220 g/mol. The molecular weight excluding hydrogens is 200 g/mol. The van der Waals surface area contributed by atoms with Gasteiger partial charge in [0.2, 0.25) is 0 Å². The number of rotatable bonds is 4. The zero-order chi connectivity index (χ0) is 12.2. The fourth-order valence-electron chi connectivity index (χ4n) is 1.31. The Balaban J connectivity index is 2.83. The first-order valence-corrected chi connectivity index (χ1v) is 5.69. The van der Waals surface area contributed by atoms with Crippen molar-refractivity contribution in [2.24, 2.45) is 5.41 Å². The molecule has 0 heterocycles. The summed E-state index contributed by atoms with van der Waals surface area (Å²) in [5.74, 6) is 0.828. The smallest absolute Gasteiger partial charge is 0.166 e. The molecule has 0 fully saturated rings. The van der Waals surface area contributed by atoms with Crippen molar-refractivity contribution >= 4 is 5.78 Å². The quantitative estimate of drug-likeness (QED) is 0.723. The minimum Gasteiger partial charge on any atom is -0.492 e. The Morgan fingerprint density at radius 2 is 1.88 bits per heavy atom. The topological polar surface area (TPSA) is 26.3 Å². The molecule has 1 rings (SSSR count). The second-order valence-corrected chi connectivity index (χ2v) is 5.12. The third kappa shape index (κ3) is 3.69. The third-order valence-electron chi connectivity index (χ3n) is 2.17. The van der Waals surface area contributed by atoms with Crippen LogP contribution in [0.4, 0.5) is 0 Å². The molecule has 0 bridgehead atoms. The predicted octanol–water partition coefficient (Wildman–Crippen LogP) is 3.70. The normalized spacial score (nSPS) is 11.2. The van der Waals surface area contributed by atoms with E-state index in [9.17, 15) is 4.79 Å². The van der Waals surface area contributed by atoms with Crippen molar-refractivity contribution in [2.75, 3.05) is 6.61 Å². The van der Waals surface area contributed by atoms with Gasteiger partial charge in [-0.05, 0) is 17.5 Å². The first-order valence-electron chi connectivity index (χ1n) is 5.69. The highest BCUT2D eigenvalue weighted by Gasteiger charge is 2.14. The maximum Gasteiger partial charge on any atom is 0.166 e. The summed E-state index contributed by atoms with van der Waals surface area (Å²) < 4.78 is 5.70. The van der Waals surface area contributed by atoms with Gasteiger partial charge in [-0.3, -0.25) is 4.79 Å². The van der Waals surface area contributed by atoms with Gasteiger partial charge < -0.3 is 4.74 Å². The summed E-state index contributed by atoms with van der Waals surface area (Å²) in [6, 6.07) is 7.44. The zero-order valence-electron chi connectivity index (χ0n) is 10.5. The van der Waals surface area contributed by atoms with Crippen LogP contribution in [-0.4, -0.2) is 12.4 Å². The molecule has 1 aromatic carbocycles. The average molecular weight is 220 g/mol. The molecule has 16 heavy (non-hydrogen) atoms. The Bertz CT molecular complexity index is 361. The number of carbonyl (C=O) groups excluding carboxylic acids is 1. The van der Waals surface area contributed by atoms with Gasteiger partial charge in [-0.15, -0.1) is 0 Å². The van der Waals surface area contributed by atoms with Crippen molar-refractivity contribution in [3.05, 3.63) is 29.8 Å². The molecule has 0 radical (unpaired) electrons. The molecule has 88 valence electrons. The Morgan fingerprint density at radius 1 is 1.25 bits per heavy atom. The zero-order valence-corrected chi connectivity index (χ0v) is 10.5. The van der Waals surface area contributed by atoms with Gasteiger partial charge in [0.1, 0.15) is 5.75 Å². The summed E-state index contributed by atoms with van der Waals surface area (Å²) in [4.78, 5) is 11.7. The number of ketones is 1. The average Bonchev–Trinajstić information content (AvgIpc) is 2.25. The largest absolute Gasteiger partial charge is 0.492 e. The maximum atomic E-state index is 11.7. The van der Waals surface area contributed by atoms with Gasteiger partial charge >= 0.3 is 0 Å². The predicted molar refractivity (Wildman–Crippen MR) is 66.0 cm³/mol. The van der Waals surface area contributed by atoms with E-state index in [4.69, 9.17) is 4.74 Å². The molecule has 0 saturated carbocycles. The lowest BCUT2D eigenvalue weighted by Crippen LogP contribution is -2.18. The molecule has 0 unspecified atom stereocenters. The van der Waals surface area contributed by atoms with Crippen LogP contribution in [-0.2, 0) is 0 Å². The Kier molecular flexibility index (Phi) is 4.11. The number of ether oxygens (including phenoxy) is 1. The van der Waals surface area contributed by atoms with Gasteiger partial charge in [0, 0.05) is 6.42 Å². The van der Waals surface area contributed by atoms with Crippen LogP contribution in [0.3, 0.4) is 0 Å². The Hall–Kier alpha value is -1.31. The van der Waals surface area contributed by atoms with Crippen LogP contribution in [0.15, 0.2) is 24.3 Å². The summed E-state index contributed by atoms with van der Waals surface area (Å²) >= 11 is 0. The highest BCUT2D eigenvalue weighted by atomic mass is 16.5. The number of Topliss-reactive ketones (excluding diaryl/α,β-unsaturated/α-hetero) is 1. The number of hydrogen-bond acceptors (Lipinski definition) is 2. The molecule has 0 aliphatic heterocycles. The summed E-state index contributed by atoms with van der Waals surface area (Å²) in [7, 11) is 0. The number of carbonyl (C=O) groups is 1. The van der Waals surface area contributed by atoms with Crippen LogP contribution in [0.25, 0.3) is 0 Å². The fourth-order valence-corrected chi connectivity index (χ4v) is 1.31. The van der Waals surface area contributed by atoms with E-state index >= 15 is 0 Å². The van der Waals surface area contributed by atoms with Crippen LogP contribution >= 0.6 is 0 Å². The summed E-state index contributed by atoms with van der Waals surface area (Å²) in [5.41, 5.74) is 0.789. The Morgan fingerprint density at radius 3 is 2.44 bits per heavy atom. The van der Waals surface area contributed by atoms with Crippen LogP contribution in [0, 0.1) is 5.41 Å². The van der Waals surface area contributed by atoms with Crippen LogP contribution in [0.5, 0.6) is 5.75 Å². The minimum absolute atomic E-state index is 0.0996. The van der Waals surface area contributed by atoms with Gasteiger partial charge in [0.25, 0.3) is 0 Å². The molecule has 2 heteroatoms. The molecule has 0 atom stereocenters. The first-order chi connectivity index (χ1) is 7.44. The first kappa shape index (κ1) is 12.8. The SMILES string of the molecule is CCC(=O)c1ccccc1OCC(C)(C)C. The van der Waals surface area contributed by atoms with E-state index in [0.29, 0.717) is 24.3 Å². The highest BCUT2D eigenvalue weighted by molar-refractivity contribution is 5.98. The van der Waals surface area contributed by atoms with E-state index in [1.165, 1.54) is 0 Å². The van der Waals surface area contributed by atoms with Crippen molar-refractivity contribution in [1.29, 1.82) is 0 Å². The van der Waals surface area contributed by atoms with E-state index in [-0.39, 0.29) is 11.2 Å². The highest BCUT2D eigenvalue weighted by Crippen LogP contribution is 2.22. The van der Waals surface area contributed by atoms with Gasteiger partial charge in [-0.1, -0.05) is 39.8 Å². The maximum absolute atomic E-state index is 11.7. The summed E-state index contributed by atoms with van der Waals surface area (Å²) in [5, 5.41) is 0. The summed E-state index contributed by atoms with van der Waals surface area (Å²) in [6.07, 6.45) is 0.510. The van der Waals surface area contributed by atoms with Crippen LogP contribution in [0.2, 0.25) is 0 Å². The van der Waals surface area contributed by atoms with Gasteiger partial charge in [0.05, 0.1) is 12.2 Å². The standard InChI is InChI=1S/C14H20O2/c1-5-12(15)11-8-6-7-9-13(11)16-10-14(2,3)4/h6-9H,5,10H2,1-4H3. The fraction of sp³-hybridized carbons (Fsp3) is 0.500. The molecule has 0 aliphatic rings. The molecule has 0 aliphatic carbocycles. The Labute approximate surface area is 97.6 Å². The lowest BCUT2D eigenvalue weighted by atomic mass is 9.98. The molecule has 0 amide bonds. The van der Waals surface area contributed by atoms with E-state index < -0.39 is 0 Å². The molecule has 2 nitrogen and oxygen atoms in total. The van der Waals surface area contributed by atoms with E-state index in [1.54, 1.807) is 0 Å². The van der Waals surface area contributed by atoms with Gasteiger partial charge in [-0.25, -0.2) is 0 Å². The molecule has 0 spiro atoms. The van der Waals surface area contributed by atoms with E-state index in [0.717, 1.165) is 0 Å². The molecular formula is C14H20O2. The number of benzene rings is 1. The molecule has 0 aromatic heterocycles. The number of para-hydroxylation sites is 1. The molecule has 0 N–H and O–H groups in total. The molecule has 1 aromatic rings. The number of hydrogen-bond donors (Lipinski definition) is 0.